The summed E-state index contributed by atoms with van der Waals surface area (Å²) >= 11 is -3.10. The van der Waals surface area contributed by atoms with Crippen molar-refractivity contribution in [3.8, 4) is 45.2 Å². The van der Waals surface area contributed by atoms with Crippen LogP contribution in [0.2, 0.25) is 0 Å². The van der Waals surface area contributed by atoms with E-state index in [1.54, 1.807) is 18.6 Å². The molecular formula is C63H37AlN4O5. The van der Waals surface area contributed by atoms with Gasteiger partial charge in [0.15, 0.2) is 0 Å². The summed E-state index contributed by atoms with van der Waals surface area (Å²) < 4.78 is 35.7. The Morgan fingerprint density at radius 2 is 0.959 bits per heavy atom. The van der Waals surface area contributed by atoms with E-state index in [2.05, 4.69) is 130 Å². The van der Waals surface area contributed by atoms with Gasteiger partial charge in [0, 0.05) is 78.3 Å². The number of aromatic nitrogens is 4. The summed E-state index contributed by atoms with van der Waals surface area (Å²) in [5.74, 6) is 1.70. The first-order chi connectivity index (χ1) is 36.2. The lowest BCUT2D eigenvalue weighted by atomic mass is 9.98. The highest BCUT2D eigenvalue weighted by molar-refractivity contribution is 6.40. The number of nitrogens with zero attached hydrogens (tertiary/aromatic N) is 4. The zero-order chi connectivity index (χ0) is 48.0. The Morgan fingerprint density at radius 3 is 1.77 bits per heavy atom. The third-order valence-corrected chi connectivity index (χ3v) is 15.3. The zero-order valence-corrected chi connectivity index (χ0v) is 39.9. The second kappa shape index (κ2) is 16.6. The summed E-state index contributed by atoms with van der Waals surface area (Å²) in [6.45, 7) is 0. The number of pyridine rings is 3. The first-order valence-corrected chi connectivity index (χ1v) is 25.5. The average Bonchev–Trinajstić information content (AvgIpc) is 4.12. The molecule has 0 atom stereocenters. The molecule has 73 heavy (non-hydrogen) atoms. The molecule has 0 radical (unpaired) electrons. The fourth-order valence-corrected chi connectivity index (χ4v) is 12.0. The van der Waals surface area contributed by atoms with Crippen molar-refractivity contribution in [3.05, 3.63) is 225 Å². The summed E-state index contributed by atoms with van der Waals surface area (Å²) in [6, 6.07) is 70.5. The number of hydrogen-bond donors (Lipinski definition) is 0. The highest BCUT2D eigenvalue weighted by atomic mass is 27.3. The van der Waals surface area contributed by atoms with Gasteiger partial charge in [-0.2, -0.15) is 0 Å². The summed E-state index contributed by atoms with van der Waals surface area (Å²) in [4.78, 5) is 14.2. The van der Waals surface area contributed by atoms with Crippen LogP contribution in [0, 0.1) is 0 Å². The van der Waals surface area contributed by atoms with Crippen molar-refractivity contribution in [2.24, 2.45) is 0 Å². The second-order valence-electron chi connectivity index (χ2n) is 18.2. The molecule has 0 unspecified atom stereocenters. The molecule has 0 spiro atoms. The predicted octanol–water partition coefficient (Wildman–Crippen LogP) is 16.1. The lowest BCUT2D eigenvalue weighted by molar-refractivity contribution is 0.311. The minimum absolute atomic E-state index is 0.552. The van der Waals surface area contributed by atoms with Crippen molar-refractivity contribution in [2.45, 2.75) is 0 Å². The van der Waals surface area contributed by atoms with Gasteiger partial charge in [-0.15, -0.1) is 0 Å². The fourth-order valence-electron chi connectivity index (χ4n) is 10.7. The third-order valence-electron chi connectivity index (χ3n) is 14.0. The van der Waals surface area contributed by atoms with E-state index >= 15 is 0 Å². The van der Waals surface area contributed by atoms with Crippen LogP contribution in [-0.2, 0) is 0 Å². The summed E-state index contributed by atoms with van der Waals surface area (Å²) in [5.41, 5.74) is 12.9. The average molecular weight is 957 g/mol. The van der Waals surface area contributed by atoms with Crippen LogP contribution in [0.4, 0.5) is 0 Å². The van der Waals surface area contributed by atoms with E-state index in [0.29, 0.717) is 22.8 Å². The molecule has 0 aliphatic rings. The Balaban J connectivity index is 0.808. The van der Waals surface area contributed by atoms with Gasteiger partial charge in [0.2, 0.25) is 0 Å². The number of rotatable bonds is 9. The molecule has 0 saturated heterocycles. The highest BCUT2D eigenvalue weighted by Crippen LogP contribution is 2.42. The van der Waals surface area contributed by atoms with Crippen molar-refractivity contribution in [3.63, 3.8) is 0 Å². The van der Waals surface area contributed by atoms with Crippen LogP contribution < -0.4 is 11.4 Å². The maximum absolute atomic E-state index is 6.87. The molecule has 9 aromatic carbocycles. The topological polar surface area (TPSA) is 97.6 Å². The van der Waals surface area contributed by atoms with Crippen molar-refractivity contribution in [1.29, 1.82) is 0 Å². The van der Waals surface area contributed by atoms with Crippen molar-refractivity contribution in [2.75, 3.05) is 0 Å². The van der Waals surface area contributed by atoms with Crippen LogP contribution >= 0.6 is 0 Å². The third kappa shape index (κ3) is 6.80. The van der Waals surface area contributed by atoms with Gasteiger partial charge in [-0.1, -0.05) is 115 Å². The molecule has 6 heterocycles. The Morgan fingerprint density at radius 1 is 0.356 bits per heavy atom. The maximum atomic E-state index is 6.87. The van der Waals surface area contributed by atoms with Gasteiger partial charge in [-0.3, -0.25) is 15.0 Å². The minimum Gasteiger partial charge on any atom is -0.576 e. The van der Waals surface area contributed by atoms with E-state index in [9.17, 15) is 0 Å². The van der Waals surface area contributed by atoms with Gasteiger partial charge in [0.05, 0.1) is 11.0 Å². The lowest BCUT2D eigenvalue weighted by Gasteiger charge is -2.19. The SMILES string of the molecule is c1cnc2c([O][Al]([O]c3cccc4cccnc34)[O]c3ccc(-c4ccc5c(c4)c4ccccc4n5-c4ccc5oc6c(-c7ccc8c(c7)oc7ccccc78)cccc6c5c4)c4cccnc34)cccc2c1. The molecule has 0 aliphatic carbocycles. The second-order valence-corrected chi connectivity index (χ2v) is 19.5. The van der Waals surface area contributed by atoms with E-state index in [-0.39, 0.29) is 0 Å². The molecule has 0 aliphatic heterocycles. The molecule has 10 heteroatoms. The number of benzene rings is 9. The van der Waals surface area contributed by atoms with E-state index in [1.807, 2.05) is 91.0 Å². The molecule has 0 amide bonds. The standard InChI is InChI=1S/C45H26N2O3.2C9H7NO.Al/c48-40-20-18-29(34-11-6-22-46-44(34)40)26-15-19-39-36(23-26)31-7-1-3-12-38(31)47(39)28-16-21-42-37(25-28)35-10-5-9-30(45(35)50-42)27-14-17-33-32-8-2-4-13-41(32)49-43(33)24-27;2*11-8-5-1-3-7-4-2-6-10-9(7)8;/h1-25,48H;2*1-6,11H;/q;;;+3/p-3. The van der Waals surface area contributed by atoms with Gasteiger partial charge >= 0.3 is 15.1 Å². The monoisotopic (exact) mass is 956 g/mol. The fraction of sp³-hybridized carbons (Fsp3) is 0. The Hall–Kier alpha value is -9.46. The number of hydrogen-bond acceptors (Lipinski definition) is 8. The number of furan rings is 2. The predicted molar refractivity (Wildman–Crippen MR) is 293 cm³/mol. The van der Waals surface area contributed by atoms with Crippen LogP contribution in [0.1, 0.15) is 0 Å². The van der Waals surface area contributed by atoms with Crippen LogP contribution in [0.25, 0.3) is 126 Å². The zero-order valence-electron chi connectivity index (χ0n) is 38.8. The number of fused-ring (bicyclic) bond motifs is 12. The van der Waals surface area contributed by atoms with Gasteiger partial charge in [-0.25, -0.2) is 0 Å². The first-order valence-electron chi connectivity index (χ1n) is 24.1. The van der Waals surface area contributed by atoms with E-state index < -0.39 is 15.1 Å². The molecule has 342 valence electrons. The van der Waals surface area contributed by atoms with E-state index in [4.69, 9.17) is 25.2 Å². The van der Waals surface area contributed by atoms with Crippen LogP contribution in [0.15, 0.2) is 234 Å². The molecular weight excluding hydrogens is 920 g/mol. The molecule has 0 saturated carbocycles. The Bertz CT molecular complexity index is 4620. The molecule has 0 fully saturated rings. The molecule has 9 nitrogen and oxygen atoms in total. The van der Waals surface area contributed by atoms with E-state index in [1.165, 1.54) is 0 Å². The Kier molecular flexibility index (Phi) is 9.39. The van der Waals surface area contributed by atoms with E-state index in [0.717, 1.165) is 121 Å². The number of para-hydroxylation sites is 5. The van der Waals surface area contributed by atoms with Gasteiger partial charge in [0.25, 0.3) is 0 Å². The van der Waals surface area contributed by atoms with Crippen molar-refractivity contribution >= 4 is 114 Å². The molecule has 6 aromatic heterocycles. The summed E-state index contributed by atoms with van der Waals surface area (Å²) in [7, 11) is 0. The largest absolute Gasteiger partial charge is 1.20 e. The van der Waals surface area contributed by atoms with Gasteiger partial charge in [0.1, 0.15) is 56.1 Å². The van der Waals surface area contributed by atoms with Crippen LogP contribution in [-0.4, -0.2) is 34.7 Å². The highest BCUT2D eigenvalue weighted by Gasteiger charge is 2.46. The molecule has 0 bridgehead atoms. The molecule has 15 rings (SSSR count). The van der Waals surface area contributed by atoms with Gasteiger partial charge in [-0.05, 0) is 108 Å². The normalized spacial score (nSPS) is 11.8. The lowest BCUT2D eigenvalue weighted by Crippen LogP contribution is -2.37. The summed E-state index contributed by atoms with van der Waals surface area (Å²) in [5, 5.41) is 9.43. The quantitative estimate of drug-likeness (QED) is 0.132. The molecule has 15 aromatic rings. The summed E-state index contributed by atoms with van der Waals surface area (Å²) in [6.07, 6.45) is 5.31. The van der Waals surface area contributed by atoms with Crippen LogP contribution in [0.5, 0.6) is 17.2 Å². The van der Waals surface area contributed by atoms with Crippen molar-refractivity contribution in [1.82, 2.24) is 19.5 Å². The van der Waals surface area contributed by atoms with Crippen molar-refractivity contribution < 1.29 is 20.2 Å². The smallest absolute Gasteiger partial charge is 0.576 e. The maximum Gasteiger partial charge on any atom is 1.20 e. The minimum atomic E-state index is -3.10. The van der Waals surface area contributed by atoms with Crippen LogP contribution in [0.3, 0.4) is 0 Å². The first kappa shape index (κ1) is 41.3. The molecule has 0 N–H and O–H groups in total. The van der Waals surface area contributed by atoms with Gasteiger partial charge < -0.3 is 24.8 Å². The Labute approximate surface area is 421 Å².